The molecule has 0 N–H and O–H groups in total. The molecule has 2 nitrogen and oxygen atoms in total. The Morgan fingerprint density at radius 2 is 1.40 bits per heavy atom. The Kier molecular flexibility index (Phi) is 5.82. The highest BCUT2D eigenvalue weighted by Crippen LogP contribution is 2.00. The van der Waals surface area contributed by atoms with Gasteiger partial charge in [0.25, 0.3) is 0 Å². The number of hydrogen-bond donors (Lipinski definition) is 0. The van der Waals surface area contributed by atoms with Crippen molar-refractivity contribution in [3.8, 4) is 0 Å². The Hall–Kier alpha value is -1.70. The quantitative estimate of drug-likeness (QED) is 0.732. The fourth-order valence-electron chi connectivity index (χ4n) is 1.15. The van der Waals surface area contributed by atoms with E-state index >= 15 is 0 Å². The van der Waals surface area contributed by atoms with Crippen molar-refractivity contribution in [2.24, 2.45) is 0 Å². The van der Waals surface area contributed by atoms with Gasteiger partial charge in [0, 0.05) is 0 Å². The summed E-state index contributed by atoms with van der Waals surface area (Å²) < 4.78 is 9.17. The van der Waals surface area contributed by atoms with Crippen LogP contribution in [0.4, 0.5) is 0 Å². The van der Waals surface area contributed by atoms with Gasteiger partial charge in [0.2, 0.25) is 0 Å². The van der Waals surface area contributed by atoms with E-state index in [1.54, 1.807) is 0 Å². The zero-order valence-corrected chi connectivity index (χ0v) is 8.93. The molecular weight excluding hydrogens is 188 g/mol. The SMILES string of the molecule is C1=COC=CO1.CCCc1ccccc1. The minimum atomic E-state index is 1.21. The van der Waals surface area contributed by atoms with Crippen LogP contribution >= 0.6 is 0 Å². The molecule has 1 aliphatic heterocycles. The summed E-state index contributed by atoms with van der Waals surface area (Å²) >= 11 is 0. The average molecular weight is 204 g/mol. The molecule has 0 fully saturated rings. The van der Waals surface area contributed by atoms with Crippen molar-refractivity contribution < 1.29 is 9.47 Å². The predicted molar refractivity (Wildman–Crippen MR) is 60.9 cm³/mol. The van der Waals surface area contributed by atoms with E-state index < -0.39 is 0 Å². The van der Waals surface area contributed by atoms with E-state index in [4.69, 9.17) is 0 Å². The standard InChI is InChI=1S/C9H12.C4H4O2/c1-2-6-9-7-4-3-5-8-9;1-2-6-4-3-5-1/h3-5,7-8H,2,6H2,1H3;1-4H. The van der Waals surface area contributed by atoms with Gasteiger partial charge >= 0.3 is 0 Å². The molecule has 0 bridgehead atoms. The van der Waals surface area contributed by atoms with Gasteiger partial charge in [-0.05, 0) is 12.0 Å². The normalized spacial score (nSPS) is 12.1. The fraction of sp³-hybridized carbons (Fsp3) is 0.231. The van der Waals surface area contributed by atoms with Crippen LogP contribution in [-0.4, -0.2) is 0 Å². The van der Waals surface area contributed by atoms with Crippen molar-refractivity contribution in [3.63, 3.8) is 0 Å². The van der Waals surface area contributed by atoms with Gasteiger partial charge in [-0.2, -0.15) is 0 Å². The van der Waals surface area contributed by atoms with Gasteiger partial charge in [-0.3, -0.25) is 0 Å². The highest BCUT2D eigenvalue weighted by Gasteiger charge is 1.84. The number of hydrogen-bond acceptors (Lipinski definition) is 2. The van der Waals surface area contributed by atoms with E-state index in [1.165, 1.54) is 43.5 Å². The third-order valence-corrected chi connectivity index (χ3v) is 1.81. The molecule has 0 atom stereocenters. The van der Waals surface area contributed by atoms with Gasteiger partial charge in [-0.1, -0.05) is 43.7 Å². The van der Waals surface area contributed by atoms with Crippen LogP contribution in [0.15, 0.2) is 55.4 Å². The van der Waals surface area contributed by atoms with Crippen molar-refractivity contribution in [2.45, 2.75) is 19.8 Å². The van der Waals surface area contributed by atoms with Crippen LogP contribution in [0.1, 0.15) is 18.9 Å². The number of ether oxygens (including phenoxy) is 2. The topological polar surface area (TPSA) is 18.5 Å². The average Bonchev–Trinajstić information content (AvgIpc) is 2.34. The van der Waals surface area contributed by atoms with E-state index in [0.29, 0.717) is 0 Å². The summed E-state index contributed by atoms with van der Waals surface area (Å²) in [6, 6.07) is 10.6. The summed E-state index contributed by atoms with van der Waals surface area (Å²) in [4.78, 5) is 0. The zero-order valence-electron chi connectivity index (χ0n) is 8.93. The third kappa shape index (κ3) is 5.57. The largest absolute Gasteiger partial charge is 0.466 e. The molecule has 2 heteroatoms. The van der Waals surface area contributed by atoms with Crippen LogP contribution in [0.5, 0.6) is 0 Å². The van der Waals surface area contributed by atoms with E-state index in [9.17, 15) is 0 Å². The Bertz CT molecular complexity index is 282. The van der Waals surface area contributed by atoms with E-state index in [2.05, 4.69) is 46.7 Å². The Labute approximate surface area is 90.8 Å². The highest BCUT2D eigenvalue weighted by atomic mass is 16.5. The number of rotatable bonds is 2. The first kappa shape index (κ1) is 11.4. The van der Waals surface area contributed by atoms with Crippen molar-refractivity contribution in [2.75, 3.05) is 0 Å². The molecule has 0 amide bonds. The van der Waals surface area contributed by atoms with Crippen LogP contribution in [0.3, 0.4) is 0 Å². The highest BCUT2D eigenvalue weighted by molar-refractivity contribution is 5.14. The van der Waals surface area contributed by atoms with Crippen LogP contribution in [0.2, 0.25) is 0 Å². The Morgan fingerprint density at radius 3 is 1.80 bits per heavy atom. The molecule has 0 radical (unpaired) electrons. The first-order valence-electron chi connectivity index (χ1n) is 5.08. The molecule has 0 spiro atoms. The number of aryl methyl sites for hydroxylation is 1. The van der Waals surface area contributed by atoms with E-state index in [0.717, 1.165) is 0 Å². The molecule has 15 heavy (non-hydrogen) atoms. The molecule has 0 saturated carbocycles. The maximum Gasteiger partial charge on any atom is 0.125 e. The molecule has 80 valence electrons. The van der Waals surface area contributed by atoms with Gasteiger partial charge in [0.1, 0.15) is 25.0 Å². The van der Waals surface area contributed by atoms with Crippen molar-refractivity contribution >= 4 is 0 Å². The zero-order chi connectivity index (χ0) is 10.8. The second-order valence-electron chi connectivity index (χ2n) is 3.05. The lowest BCUT2D eigenvalue weighted by Gasteiger charge is -1.94. The Morgan fingerprint density at radius 1 is 0.867 bits per heavy atom. The molecule has 1 heterocycles. The molecule has 1 aliphatic rings. The van der Waals surface area contributed by atoms with Gasteiger partial charge in [-0.15, -0.1) is 0 Å². The first-order valence-corrected chi connectivity index (χ1v) is 5.08. The van der Waals surface area contributed by atoms with E-state index in [1.807, 2.05) is 0 Å². The maximum absolute atomic E-state index is 4.58. The molecular formula is C13H16O2. The summed E-state index contributed by atoms with van der Waals surface area (Å²) in [5.74, 6) is 0. The second-order valence-corrected chi connectivity index (χ2v) is 3.05. The summed E-state index contributed by atoms with van der Waals surface area (Å²) in [6.07, 6.45) is 8.28. The van der Waals surface area contributed by atoms with Crippen molar-refractivity contribution in [3.05, 3.63) is 60.9 Å². The second kappa shape index (κ2) is 7.68. The van der Waals surface area contributed by atoms with Crippen molar-refractivity contribution in [1.82, 2.24) is 0 Å². The summed E-state index contributed by atoms with van der Waals surface area (Å²) in [6.45, 7) is 2.20. The lowest BCUT2D eigenvalue weighted by molar-refractivity contribution is 0.290. The third-order valence-electron chi connectivity index (χ3n) is 1.81. The monoisotopic (exact) mass is 204 g/mol. The summed E-state index contributed by atoms with van der Waals surface area (Å²) in [5.41, 5.74) is 1.44. The Balaban J connectivity index is 0.000000162. The smallest absolute Gasteiger partial charge is 0.125 e. The molecule has 0 aliphatic carbocycles. The summed E-state index contributed by atoms with van der Waals surface area (Å²) in [5, 5.41) is 0. The minimum Gasteiger partial charge on any atom is -0.466 e. The molecule has 0 aromatic heterocycles. The van der Waals surface area contributed by atoms with Crippen molar-refractivity contribution in [1.29, 1.82) is 0 Å². The lowest BCUT2D eigenvalue weighted by atomic mass is 10.1. The van der Waals surface area contributed by atoms with E-state index in [-0.39, 0.29) is 0 Å². The molecule has 1 aromatic rings. The predicted octanol–water partition coefficient (Wildman–Crippen LogP) is 3.61. The molecule has 0 saturated heterocycles. The first-order chi connectivity index (χ1) is 7.43. The molecule has 0 unspecified atom stereocenters. The summed E-state index contributed by atoms with van der Waals surface area (Å²) in [7, 11) is 0. The van der Waals surface area contributed by atoms with Crippen LogP contribution in [0.25, 0.3) is 0 Å². The molecule has 1 aromatic carbocycles. The number of benzene rings is 1. The van der Waals surface area contributed by atoms with Crippen LogP contribution in [-0.2, 0) is 15.9 Å². The van der Waals surface area contributed by atoms with Crippen LogP contribution in [0, 0.1) is 0 Å². The van der Waals surface area contributed by atoms with Gasteiger partial charge in [0.15, 0.2) is 0 Å². The van der Waals surface area contributed by atoms with Crippen LogP contribution < -0.4 is 0 Å². The lowest BCUT2D eigenvalue weighted by Crippen LogP contribution is -1.78. The molecule has 2 rings (SSSR count). The van der Waals surface area contributed by atoms with Gasteiger partial charge in [0.05, 0.1) is 0 Å². The maximum atomic E-state index is 4.58. The minimum absolute atomic E-state index is 1.21. The van der Waals surface area contributed by atoms with Gasteiger partial charge < -0.3 is 9.47 Å². The van der Waals surface area contributed by atoms with Gasteiger partial charge in [-0.25, -0.2) is 0 Å². The fourth-order valence-corrected chi connectivity index (χ4v) is 1.15.